The number of thioether (sulfide) groups is 3. The normalized spacial score (nSPS) is 37.1. The highest BCUT2D eigenvalue weighted by Gasteiger charge is 2.57. The first-order valence-corrected chi connectivity index (χ1v) is 15.6. The van der Waals surface area contributed by atoms with Gasteiger partial charge in [-0.1, -0.05) is 0 Å². The van der Waals surface area contributed by atoms with Gasteiger partial charge in [-0.2, -0.15) is 35.3 Å². The van der Waals surface area contributed by atoms with Crippen LogP contribution in [0.1, 0.15) is 19.8 Å². The number of carbonyl (C=O) groups is 2. The minimum atomic E-state index is -0.875. The van der Waals surface area contributed by atoms with E-state index in [1.165, 1.54) is 6.92 Å². The van der Waals surface area contributed by atoms with Crippen LogP contribution in [0.5, 0.6) is 0 Å². The zero-order chi connectivity index (χ0) is 23.8. The summed E-state index contributed by atoms with van der Waals surface area (Å²) >= 11 is 5.18. The number of aliphatic hydroxyl groups is 1. The van der Waals surface area contributed by atoms with Crippen LogP contribution in [0.4, 0.5) is 0 Å². The van der Waals surface area contributed by atoms with Gasteiger partial charge >= 0.3 is 5.97 Å². The third kappa shape index (κ3) is 4.80. The van der Waals surface area contributed by atoms with Crippen molar-refractivity contribution >= 4 is 47.0 Å². The summed E-state index contributed by atoms with van der Waals surface area (Å²) in [5.41, 5.74) is 0. The number of ether oxygens (including phenoxy) is 5. The molecule has 6 atom stereocenters. The molecule has 34 heavy (non-hydrogen) atoms. The predicted molar refractivity (Wildman–Crippen MR) is 131 cm³/mol. The number of hydrogen-bond donors (Lipinski definition) is 1. The highest BCUT2D eigenvalue weighted by atomic mass is 32.2. The number of ketones is 1. The van der Waals surface area contributed by atoms with E-state index in [1.807, 2.05) is 0 Å². The molecule has 0 aromatic heterocycles. The maximum absolute atomic E-state index is 13.9. The summed E-state index contributed by atoms with van der Waals surface area (Å²) in [7, 11) is 0. The van der Waals surface area contributed by atoms with E-state index in [0.29, 0.717) is 62.3 Å². The number of esters is 1. The molecule has 0 unspecified atom stereocenters. The molecular weight excluding hydrogens is 500 g/mol. The molecule has 2 spiro atoms. The lowest BCUT2D eigenvalue weighted by molar-refractivity contribution is -0.225. The molecule has 0 amide bonds. The van der Waals surface area contributed by atoms with Gasteiger partial charge in [0.1, 0.15) is 11.9 Å². The first kappa shape index (κ1) is 25.6. The van der Waals surface area contributed by atoms with Gasteiger partial charge in [0.2, 0.25) is 0 Å². The minimum Gasteiger partial charge on any atom is -0.461 e. The van der Waals surface area contributed by atoms with E-state index in [9.17, 15) is 14.7 Å². The van der Waals surface area contributed by atoms with Gasteiger partial charge in [-0.05, 0) is 11.5 Å². The molecule has 0 aliphatic carbocycles. The lowest BCUT2D eigenvalue weighted by Crippen LogP contribution is -2.58. The molecule has 192 valence electrons. The van der Waals surface area contributed by atoms with Crippen LogP contribution in [0.15, 0.2) is 0 Å². The molecule has 0 bridgehead atoms. The average molecular weight is 535 g/mol. The molecule has 0 radical (unpaired) electrons. The Balaban J connectivity index is 1.38. The van der Waals surface area contributed by atoms with Crippen LogP contribution in [-0.4, -0.2) is 102 Å². The van der Waals surface area contributed by atoms with E-state index in [-0.39, 0.29) is 17.6 Å². The predicted octanol–water partition coefficient (Wildman–Crippen LogP) is 1.82. The highest BCUT2D eigenvalue weighted by Crippen LogP contribution is 2.47. The summed E-state index contributed by atoms with van der Waals surface area (Å²) in [4.78, 5) is 26.1. The molecule has 8 nitrogen and oxygen atoms in total. The van der Waals surface area contributed by atoms with Gasteiger partial charge < -0.3 is 28.8 Å². The third-order valence-corrected chi connectivity index (χ3v) is 11.1. The third-order valence-electron chi connectivity index (χ3n) is 7.71. The Hall–Kier alpha value is -0.0100. The van der Waals surface area contributed by atoms with Crippen LogP contribution in [-0.2, 0) is 33.3 Å². The topological polar surface area (TPSA) is 101 Å². The van der Waals surface area contributed by atoms with Crippen molar-refractivity contribution in [2.75, 3.05) is 60.9 Å². The average Bonchev–Trinajstić information content (AvgIpc) is 3.49. The Labute approximate surface area is 213 Å². The second-order valence-corrected chi connectivity index (χ2v) is 13.0. The van der Waals surface area contributed by atoms with Crippen molar-refractivity contribution in [1.82, 2.24) is 0 Å². The number of carbonyl (C=O) groups excluding carboxylic acids is 2. The van der Waals surface area contributed by atoms with Crippen LogP contribution in [0.3, 0.4) is 0 Å². The number of rotatable bonds is 5. The van der Waals surface area contributed by atoms with Gasteiger partial charge in [0, 0.05) is 48.7 Å². The Morgan fingerprint density at radius 1 is 0.882 bits per heavy atom. The van der Waals surface area contributed by atoms with Gasteiger partial charge in [0.25, 0.3) is 0 Å². The molecule has 5 rings (SSSR count). The fraction of sp³-hybridized carbons (Fsp3) is 0.913. The van der Waals surface area contributed by atoms with Gasteiger partial charge in [-0.3, -0.25) is 9.59 Å². The van der Waals surface area contributed by atoms with Crippen LogP contribution in [0.25, 0.3) is 0 Å². The number of hydrogen-bond acceptors (Lipinski definition) is 11. The summed E-state index contributed by atoms with van der Waals surface area (Å²) in [6, 6.07) is 0. The monoisotopic (exact) mass is 534 g/mol. The molecule has 11 heteroatoms. The van der Waals surface area contributed by atoms with Crippen molar-refractivity contribution in [1.29, 1.82) is 0 Å². The summed E-state index contributed by atoms with van der Waals surface area (Å²) in [5.74, 6) is 0.650. The van der Waals surface area contributed by atoms with Crippen LogP contribution in [0.2, 0.25) is 0 Å². The van der Waals surface area contributed by atoms with E-state index in [4.69, 9.17) is 23.7 Å². The van der Waals surface area contributed by atoms with Gasteiger partial charge in [-0.15, -0.1) is 0 Å². The SMILES string of the molecule is CC(=O)O[C@@H]([C@H]1CSCCC12OCCO2)[C@H]1CSC[C@H]([C@H](O)[C@H]2CSCCC23OCCO3)C1=O. The van der Waals surface area contributed by atoms with Crippen LogP contribution >= 0.6 is 35.3 Å². The molecule has 5 aliphatic heterocycles. The Bertz CT molecular complexity index is 754. The molecule has 5 heterocycles. The van der Waals surface area contributed by atoms with E-state index >= 15 is 0 Å². The van der Waals surface area contributed by atoms with Gasteiger partial charge in [-0.25, -0.2) is 0 Å². The van der Waals surface area contributed by atoms with E-state index in [0.717, 1.165) is 11.5 Å². The van der Waals surface area contributed by atoms with E-state index < -0.39 is 41.6 Å². The molecule has 1 N–H and O–H groups in total. The first-order chi connectivity index (χ1) is 16.5. The molecule has 0 aromatic carbocycles. The molecule has 0 aromatic rings. The second kappa shape index (κ2) is 10.8. The zero-order valence-electron chi connectivity index (χ0n) is 19.5. The molecular formula is C23H34O8S3. The quantitative estimate of drug-likeness (QED) is 0.523. The Morgan fingerprint density at radius 3 is 2.00 bits per heavy atom. The standard InChI is InChI=1S/C23H34O8S3/c1-14(24)31-21(18-13-33-9-3-23(18)29-6-7-30-23)16-11-34-10-15(19(16)25)20(26)17-12-32-8-2-22(17)27-4-5-28-22/h15-18,20-21,26H,2-13H2,1H3/t15-,16-,17+,18+,20-,21+/m0/s1. The van der Waals surface area contributed by atoms with Crippen LogP contribution < -0.4 is 0 Å². The fourth-order valence-corrected chi connectivity index (χ4v) is 9.99. The zero-order valence-corrected chi connectivity index (χ0v) is 21.9. The molecule has 5 fully saturated rings. The highest BCUT2D eigenvalue weighted by molar-refractivity contribution is 7.99. The lowest BCUT2D eigenvalue weighted by atomic mass is 9.76. The van der Waals surface area contributed by atoms with Crippen LogP contribution in [0, 0.1) is 23.7 Å². The Morgan fingerprint density at radius 2 is 1.41 bits per heavy atom. The van der Waals surface area contributed by atoms with Crippen molar-refractivity contribution < 1.29 is 38.4 Å². The van der Waals surface area contributed by atoms with E-state index in [1.54, 1.807) is 35.3 Å². The van der Waals surface area contributed by atoms with Crippen molar-refractivity contribution in [3.8, 4) is 0 Å². The van der Waals surface area contributed by atoms with Crippen molar-refractivity contribution in [2.24, 2.45) is 23.7 Å². The smallest absolute Gasteiger partial charge is 0.302 e. The molecule has 5 saturated heterocycles. The van der Waals surface area contributed by atoms with Crippen molar-refractivity contribution in [2.45, 2.75) is 43.5 Å². The first-order valence-electron chi connectivity index (χ1n) is 12.1. The number of Topliss-reactive ketones (excluding diaryl/α,β-unsaturated/α-hetero) is 1. The Kier molecular flexibility index (Phi) is 8.12. The van der Waals surface area contributed by atoms with Crippen molar-refractivity contribution in [3.63, 3.8) is 0 Å². The maximum atomic E-state index is 13.9. The summed E-state index contributed by atoms with van der Waals surface area (Å²) in [6.07, 6.45) is -0.104. The van der Waals surface area contributed by atoms with E-state index in [2.05, 4.69) is 0 Å². The van der Waals surface area contributed by atoms with Gasteiger partial charge in [0.15, 0.2) is 11.6 Å². The number of aliphatic hydroxyl groups excluding tert-OH is 1. The summed E-state index contributed by atoms with van der Waals surface area (Å²) in [5, 5.41) is 11.5. The fourth-order valence-electron chi connectivity index (χ4n) is 6.04. The lowest BCUT2D eigenvalue weighted by Gasteiger charge is -2.47. The van der Waals surface area contributed by atoms with Crippen molar-refractivity contribution in [3.05, 3.63) is 0 Å². The second-order valence-electron chi connectivity index (χ2n) is 9.60. The largest absolute Gasteiger partial charge is 0.461 e. The summed E-state index contributed by atoms with van der Waals surface area (Å²) < 4.78 is 30.1. The minimum absolute atomic E-state index is 0.0371. The van der Waals surface area contributed by atoms with Gasteiger partial charge in [0.05, 0.1) is 50.3 Å². The molecule has 0 saturated carbocycles. The molecule has 5 aliphatic rings. The summed E-state index contributed by atoms with van der Waals surface area (Å²) in [6.45, 7) is 3.42. The maximum Gasteiger partial charge on any atom is 0.302 e.